The van der Waals surface area contributed by atoms with Crippen molar-refractivity contribution in [2.45, 2.75) is 38.1 Å². The van der Waals surface area contributed by atoms with Crippen LogP contribution in [0.2, 0.25) is 0 Å². The van der Waals surface area contributed by atoms with Crippen LogP contribution in [0.1, 0.15) is 31.0 Å². The van der Waals surface area contributed by atoms with E-state index in [1.165, 1.54) is 11.2 Å². The van der Waals surface area contributed by atoms with E-state index in [9.17, 15) is 14.4 Å². The minimum atomic E-state index is -1.20. The third-order valence-corrected chi connectivity index (χ3v) is 6.52. The molecule has 0 spiro atoms. The number of nitrogens with one attached hydrogen (secondary N) is 2. The fourth-order valence-corrected chi connectivity index (χ4v) is 4.22. The summed E-state index contributed by atoms with van der Waals surface area (Å²) >= 11 is 0. The number of likely N-dealkylation sites (N-methyl/N-ethyl adjacent to an activating group) is 1. The molecule has 0 aliphatic rings. The van der Waals surface area contributed by atoms with E-state index < -0.39 is 29.4 Å². The van der Waals surface area contributed by atoms with Crippen molar-refractivity contribution in [2.24, 2.45) is 5.73 Å². The van der Waals surface area contributed by atoms with Crippen LogP contribution in [0.25, 0.3) is 10.8 Å². The van der Waals surface area contributed by atoms with Gasteiger partial charge in [0.25, 0.3) is 5.91 Å². The maximum absolute atomic E-state index is 13.3. The van der Waals surface area contributed by atoms with Gasteiger partial charge in [-0.05, 0) is 41.8 Å². The van der Waals surface area contributed by atoms with E-state index in [4.69, 9.17) is 10.5 Å². The number of rotatable bonds is 11. The summed E-state index contributed by atoms with van der Waals surface area (Å²) in [4.78, 5) is 45.0. The van der Waals surface area contributed by atoms with Crippen molar-refractivity contribution >= 4 is 71.5 Å². The summed E-state index contributed by atoms with van der Waals surface area (Å²) in [6.07, 6.45) is 3.09. The van der Waals surface area contributed by atoms with E-state index in [0.29, 0.717) is 0 Å². The molecule has 0 radical (unpaired) electrons. The molecule has 4 aromatic rings. The summed E-state index contributed by atoms with van der Waals surface area (Å²) in [6, 6.07) is 21.6. The van der Waals surface area contributed by atoms with Gasteiger partial charge >= 0.3 is 0 Å². The molecular formula is C31H39Cl3N6O4. The van der Waals surface area contributed by atoms with Gasteiger partial charge in [-0.1, -0.05) is 66.7 Å². The number of anilines is 1. The number of imidazole rings is 1. The van der Waals surface area contributed by atoms with Crippen molar-refractivity contribution in [3.05, 3.63) is 96.4 Å². The highest BCUT2D eigenvalue weighted by Gasteiger charge is 2.29. The lowest BCUT2D eigenvalue weighted by atomic mass is 10.0. The van der Waals surface area contributed by atoms with Gasteiger partial charge in [-0.15, -0.1) is 37.2 Å². The number of halogens is 3. The first-order valence-electron chi connectivity index (χ1n) is 13.3. The fraction of sp³-hybridized carbons (Fsp3) is 0.290. The van der Waals surface area contributed by atoms with Crippen LogP contribution >= 0.6 is 37.2 Å². The zero-order chi connectivity index (χ0) is 29.6. The molecule has 4 N–H and O–H groups in total. The Labute approximate surface area is 276 Å². The van der Waals surface area contributed by atoms with E-state index in [1.807, 2.05) is 72.8 Å². The van der Waals surface area contributed by atoms with Crippen LogP contribution in [0.4, 0.5) is 5.82 Å². The molecule has 0 bridgehead atoms. The molecule has 3 amide bonds. The van der Waals surface area contributed by atoms with Crippen molar-refractivity contribution in [3.63, 3.8) is 0 Å². The van der Waals surface area contributed by atoms with Gasteiger partial charge in [0.2, 0.25) is 11.8 Å². The van der Waals surface area contributed by atoms with Crippen molar-refractivity contribution < 1.29 is 19.1 Å². The number of ether oxygens (including phenoxy) is 1. The Hall–Kier alpha value is -3.67. The quantitative estimate of drug-likeness (QED) is 0.218. The molecule has 238 valence electrons. The summed E-state index contributed by atoms with van der Waals surface area (Å²) in [5, 5.41) is 7.48. The minimum absolute atomic E-state index is 0. The van der Waals surface area contributed by atoms with Crippen LogP contribution in [0.15, 0.2) is 85.3 Å². The molecule has 0 fully saturated rings. The summed E-state index contributed by atoms with van der Waals surface area (Å²) in [5.41, 5.74) is 6.46. The van der Waals surface area contributed by atoms with Gasteiger partial charge in [0.1, 0.15) is 12.1 Å². The van der Waals surface area contributed by atoms with Gasteiger partial charge in [0.15, 0.2) is 5.82 Å². The molecule has 44 heavy (non-hydrogen) atoms. The number of carbonyl (C=O) groups is 3. The second-order valence-corrected chi connectivity index (χ2v) is 10.7. The Balaban J connectivity index is 0.00000323. The average molecular weight is 666 g/mol. The monoisotopic (exact) mass is 664 g/mol. The van der Waals surface area contributed by atoms with Crippen LogP contribution in [0, 0.1) is 0 Å². The van der Waals surface area contributed by atoms with Crippen LogP contribution in [0.3, 0.4) is 0 Å². The number of hydrogen-bond acceptors (Lipinski definition) is 6. The van der Waals surface area contributed by atoms with E-state index in [0.717, 1.165) is 21.9 Å². The number of nitrogens with two attached hydrogens (primary N) is 1. The topological polar surface area (TPSA) is 132 Å². The first kappa shape index (κ1) is 38.4. The van der Waals surface area contributed by atoms with Gasteiger partial charge in [-0.2, -0.15) is 0 Å². The zero-order valence-corrected chi connectivity index (χ0v) is 27.4. The van der Waals surface area contributed by atoms with E-state index in [1.54, 1.807) is 38.7 Å². The van der Waals surface area contributed by atoms with Crippen LogP contribution in [-0.4, -0.2) is 64.5 Å². The number of hydrogen-bond donors (Lipinski definition) is 3. The van der Waals surface area contributed by atoms with Gasteiger partial charge in [-0.25, -0.2) is 4.98 Å². The summed E-state index contributed by atoms with van der Waals surface area (Å²) in [7, 11) is 3.38. The Bertz CT molecular complexity index is 1530. The number of nitrogens with zero attached hydrogens (tertiary/aromatic N) is 3. The molecular weight excluding hydrogens is 627 g/mol. The molecule has 2 atom stereocenters. The van der Waals surface area contributed by atoms with Gasteiger partial charge < -0.3 is 30.6 Å². The van der Waals surface area contributed by atoms with Crippen molar-refractivity contribution in [3.8, 4) is 0 Å². The van der Waals surface area contributed by atoms with Gasteiger partial charge in [0, 0.05) is 20.3 Å². The van der Waals surface area contributed by atoms with Crippen LogP contribution in [0.5, 0.6) is 0 Å². The lowest BCUT2D eigenvalue weighted by Gasteiger charge is -2.23. The van der Waals surface area contributed by atoms with Crippen LogP contribution < -0.4 is 16.4 Å². The molecule has 0 saturated carbocycles. The lowest BCUT2D eigenvalue weighted by Crippen LogP contribution is -2.56. The maximum Gasteiger partial charge on any atom is 0.250 e. The molecule has 4 rings (SSSR count). The summed E-state index contributed by atoms with van der Waals surface area (Å²) < 4.78 is 7.41. The Morgan fingerprint density at radius 3 is 2.23 bits per heavy atom. The van der Waals surface area contributed by atoms with Crippen LogP contribution in [-0.2, 0) is 25.7 Å². The fourth-order valence-electron chi connectivity index (χ4n) is 4.22. The smallest absolute Gasteiger partial charge is 0.250 e. The molecule has 0 aliphatic heterocycles. The first-order valence-corrected chi connectivity index (χ1v) is 13.3. The Kier molecular flexibility index (Phi) is 14.8. The van der Waals surface area contributed by atoms with Gasteiger partial charge in [0.05, 0.1) is 25.1 Å². The molecule has 10 nitrogen and oxygen atoms in total. The van der Waals surface area contributed by atoms with Gasteiger partial charge in [-0.3, -0.25) is 14.4 Å². The molecule has 13 heteroatoms. The zero-order valence-electron chi connectivity index (χ0n) is 24.9. The van der Waals surface area contributed by atoms with E-state index in [-0.39, 0.29) is 62.2 Å². The number of aromatic nitrogens is 2. The molecule has 0 aliphatic carbocycles. The lowest BCUT2D eigenvalue weighted by molar-refractivity contribution is -0.131. The second-order valence-electron chi connectivity index (χ2n) is 10.7. The first-order chi connectivity index (χ1) is 19.5. The predicted molar refractivity (Wildman–Crippen MR) is 180 cm³/mol. The molecule has 1 heterocycles. The number of carbonyl (C=O) groups excluding carboxylic acids is 3. The highest BCUT2D eigenvalue weighted by atomic mass is 35.5. The SMILES string of the molecule is CN(C)C(=O)C(c1ccc2ccccc2c1)n1cnc(NC(=O)[C@@H](COCc2ccccc2)NC(=O)C(C)(C)N)c1.Cl.Cl.Cl. The number of benzene rings is 3. The summed E-state index contributed by atoms with van der Waals surface area (Å²) in [5.74, 6) is -0.955. The number of fused-ring (bicyclic) bond motifs is 1. The minimum Gasteiger partial charge on any atom is -0.374 e. The molecule has 1 unspecified atom stereocenters. The Morgan fingerprint density at radius 2 is 1.59 bits per heavy atom. The second kappa shape index (κ2) is 17.0. The predicted octanol–water partition coefficient (Wildman–Crippen LogP) is 4.36. The average Bonchev–Trinajstić information content (AvgIpc) is 3.40. The molecule has 1 aromatic heterocycles. The highest BCUT2D eigenvalue weighted by Crippen LogP contribution is 2.26. The van der Waals surface area contributed by atoms with E-state index in [2.05, 4.69) is 15.6 Å². The summed E-state index contributed by atoms with van der Waals surface area (Å²) in [6.45, 7) is 3.29. The third-order valence-electron chi connectivity index (χ3n) is 6.52. The largest absolute Gasteiger partial charge is 0.374 e. The molecule has 0 saturated heterocycles. The van der Waals surface area contributed by atoms with E-state index >= 15 is 0 Å². The van der Waals surface area contributed by atoms with Crippen molar-refractivity contribution in [1.29, 1.82) is 0 Å². The normalized spacial score (nSPS) is 12.0. The standard InChI is InChI=1S/C31H36N6O4.3ClH/c1-31(2,32)30(40)34-25(19-41-18-21-10-6-5-7-11-21)28(38)35-26-17-37(20-33-26)27(29(39)36(3)4)24-15-14-22-12-8-9-13-23(22)16-24;;;/h5-17,20,25,27H,18-19,32H2,1-4H3,(H,34,40)(H,35,38);3*1H/t25-,27?;;;/m1.../s1. The number of amides is 3. The Morgan fingerprint density at radius 1 is 0.955 bits per heavy atom. The van der Waals surface area contributed by atoms with Crippen molar-refractivity contribution in [2.75, 3.05) is 26.0 Å². The molecule has 3 aromatic carbocycles. The maximum atomic E-state index is 13.3. The highest BCUT2D eigenvalue weighted by molar-refractivity contribution is 5.98. The van der Waals surface area contributed by atoms with Crippen molar-refractivity contribution in [1.82, 2.24) is 19.8 Å². The third kappa shape index (κ3) is 9.93.